The molecule has 0 N–H and O–H groups in total. The van der Waals surface area contributed by atoms with Crippen molar-refractivity contribution in [2.24, 2.45) is 23.7 Å². The summed E-state index contributed by atoms with van der Waals surface area (Å²) in [5, 5.41) is 0. The average Bonchev–Trinajstić information content (AvgIpc) is 2.86. The van der Waals surface area contributed by atoms with Gasteiger partial charge in [0.2, 0.25) is 0 Å². The summed E-state index contributed by atoms with van der Waals surface area (Å²) in [7, 11) is 0. The molecule has 0 aromatic rings. The molecule has 4 atom stereocenters. The molecule has 0 aromatic carbocycles. The van der Waals surface area contributed by atoms with E-state index < -0.39 is 0 Å². The molecule has 0 fully saturated rings. The Morgan fingerprint density at radius 3 is 1.18 bits per heavy atom. The van der Waals surface area contributed by atoms with Crippen LogP contribution in [-0.2, 0) is 0 Å². The summed E-state index contributed by atoms with van der Waals surface area (Å²) in [6.07, 6.45) is 38.4. The van der Waals surface area contributed by atoms with Crippen LogP contribution in [0.3, 0.4) is 0 Å². The predicted octanol–water partition coefficient (Wildman–Crippen LogP) is 13.7. The van der Waals surface area contributed by atoms with Crippen molar-refractivity contribution in [2.75, 3.05) is 0 Å². The fourth-order valence-electron chi connectivity index (χ4n) is 4.97. The van der Waals surface area contributed by atoms with Gasteiger partial charge in [0.15, 0.2) is 0 Å². The van der Waals surface area contributed by atoms with Crippen LogP contribution >= 0.6 is 0 Å². The van der Waals surface area contributed by atoms with E-state index in [0.29, 0.717) is 0 Å². The molecule has 0 bridgehead atoms. The van der Waals surface area contributed by atoms with Crippen LogP contribution in [-0.4, -0.2) is 0 Å². The molecule has 0 heterocycles. The zero-order valence-corrected chi connectivity index (χ0v) is 28.6. The van der Waals surface area contributed by atoms with E-state index in [-0.39, 0.29) is 0 Å². The van der Waals surface area contributed by atoms with Crippen molar-refractivity contribution in [3.05, 3.63) is 83.1 Å². The summed E-state index contributed by atoms with van der Waals surface area (Å²) >= 11 is 0. The number of hydrogen-bond donors (Lipinski definition) is 0. The molecule has 0 aromatic heterocycles. The van der Waals surface area contributed by atoms with Crippen LogP contribution in [0.2, 0.25) is 0 Å². The number of allylic oxidation sites excluding steroid dienone is 14. The lowest BCUT2D eigenvalue weighted by atomic mass is 9.94. The molecule has 0 amide bonds. The maximum absolute atomic E-state index is 2.41. The summed E-state index contributed by atoms with van der Waals surface area (Å²) in [5.41, 5.74) is 5.53. The Hall–Kier alpha value is -1.82. The van der Waals surface area contributed by atoms with Gasteiger partial charge in [-0.25, -0.2) is 0 Å². The zero-order valence-electron chi connectivity index (χ0n) is 28.6. The highest BCUT2D eigenvalue weighted by Crippen LogP contribution is 2.21. The lowest BCUT2D eigenvalue weighted by Gasteiger charge is -2.12. The van der Waals surface area contributed by atoms with Crippen LogP contribution in [0.25, 0.3) is 0 Å². The monoisotopic (exact) mass is 549 g/mol. The van der Waals surface area contributed by atoms with Crippen LogP contribution in [0.4, 0.5) is 0 Å². The van der Waals surface area contributed by atoms with Gasteiger partial charge in [0.05, 0.1) is 0 Å². The second kappa shape index (κ2) is 24.9. The first-order chi connectivity index (χ1) is 19.0. The highest BCUT2D eigenvalue weighted by Gasteiger charge is 2.05. The molecule has 0 nitrogen and oxygen atoms in total. The highest BCUT2D eigenvalue weighted by molar-refractivity contribution is 5.27. The van der Waals surface area contributed by atoms with Gasteiger partial charge in [-0.3, -0.25) is 0 Å². The zero-order chi connectivity index (χ0) is 30.2. The molecule has 228 valence electrons. The average molecular weight is 549 g/mol. The van der Waals surface area contributed by atoms with Crippen molar-refractivity contribution in [2.45, 2.75) is 146 Å². The van der Waals surface area contributed by atoms with Gasteiger partial charge in [-0.2, -0.15) is 0 Å². The minimum absolute atomic E-state index is 0.769. The first kappa shape index (κ1) is 38.2. The van der Waals surface area contributed by atoms with E-state index in [0.717, 1.165) is 23.7 Å². The van der Waals surface area contributed by atoms with Crippen LogP contribution in [0.5, 0.6) is 0 Å². The Kier molecular flexibility index (Phi) is 23.8. The summed E-state index contributed by atoms with van der Waals surface area (Å²) in [5.74, 6) is 3.23. The minimum Gasteiger partial charge on any atom is -0.0859 e. The molecule has 40 heavy (non-hydrogen) atoms. The van der Waals surface area contributed by atoms with E-state index in [1.54, 1.807) is 0 Å². The second-order valence-electron chi connectivity index (χ2n) is 13.5. The van der Waals surface area contributed by atoms with E-state index in [4.69, 9.17) is 0 Å². The normalized spacial score (nSPS) is 16.1. The Labute approximate surface area is 252 Å². The van der Waals surface area contributed by atoms with Gasteiger partial charge < -0.3 is 0 Å². The van der Waals surface area contributed by atoms with Gasteiger partial charge in [0.1, 0.15) is 0 Å². The summed E-state index contributed by atoms with van der Waals surface area (Å²) in [6.45, 7) is 22.8. The fraction of sp³-hybridized carbons (Fsp3) is 0.650. The van der Waals surface area contributed by atoms with E-state index >= 15 is 0 Å². The molecule has 4 unspecified atom stereocenters. The van der Waals surface area contributed by atoms with Crippen molar-refractivity contribution >= 4 is 0 Å². The quantitative estimate of drug-likeness (QED) is 0.0932. The van der Waals surface area contributed by atoms with Crippen molar-refractivity contribution in [3.8, 4) is 0 Å². The molecule has 0 heteroatoms. The van der Waals surface area contributed by atoms with Gasteiger partial charge in [-0.05, 0) is 104 Å². The molecule has 0 rings (SSSR count). The third-order valence-corrected chi connectivity index (χ3v) is 7.88. The second-order valence-corrected chi connectivity index (χ2v) is 13.5. The SMILES string of the molecule is CC(C)=CCCC(C)CCCC(C)C/C=C/C(C)=C/C=C/C=C(C)/C=C/CC(C)CCCC(C)CCC=C(C)C. The topological polar surface area (TPSA) is 0 Å². The summed E-state index contributed by atoms with van der Waals surface area (Å²) < 4.78 is 0. The molecule has 0 saturated carbocycles. The minimum atomic E-state index is 0.769. The molecular weight excluding hydrogens is 480 g/mol. The van der Waals surface area contributed by atoms with Crippen molar-refractivity contribution < 1.29 is 0 Å². The maximum Gasteiger partial charge on any atom is -0.0322 e. The van der Waals surface area contributed by atoms with Gasteiger partial charge in [0, 0.05) is 0 Å². The Morgan fingerprint density at radius 1 is 0.475 bits per heavy atom. The number of rotatable bonds is 22. The largest absolute Gasteiger partial charge is 0.0859 e. The van der Waals surface area contributed by atoms with Crippen LogP contribution in [0.15, 0.2) is 83.1 Å². The molecular formula is C40H68. The molecule has 0 spiro atoms. The lowest BCUT2D eigenvalue weighted by molar-refractivity contribution is 0.427. The third kappa shape index (κ3) is 26.4. The molecule has 0 aliphatic heterocycles. The predicted molar refractivity (Wildman–Crippen MR) is 186 cm³/mol. The summed E-state index contributed by atoms with van der Waals surface area (Å²) in [4.78, 5) is 0. The first-order valence-corrected chi connectivity index (χ1v) is 16.6. The van der Waals surface area contributed by atoms with E-state index in [2.05, 4.69) is 130 Å². The van der Waals surface area contributed by atoms with Gasteiger partial charge in [-0.1, -0.05) is 149 Å². The van der Waals surface area contributed by atoms with Gasteiger partial charge in [-0.15, -0.1) is 0 Å². The van der Waals surface area contributed by atoms with E-state index in [1.807, 2.05) is 0 Å². The molecule has 0 saturated heterocycles. The van der Waals surface area contributed by atoms with Crippen molar-refractivity contribution in [3.63, 3.8) is 0 Å². The Balaban J connectivity index is 4.16. The lowest BCUT2D eigenvalue weighted by Crippen LogP contribution is -1.98. The van der Waals surface area contributed by atoms with Gasteiger partial charge in [0.25, 0.3) is 0 Å². The van der Waals surface area contributed by atoms with Crippen molar-refractivity contribution in [1.82, 2.24) is 0 Å². The molecule has 0 radical (unpaired) electrons. The van der Waals surface area contributed by atoms with Crippen molar-refractivity contribution in [1.29, 1.82) is 0 Å². The molecule has 0 aliphatic carbocycles. The first-order valence-electron chi connectivity index (χ1n) is 16.6. The smallest absolute Gasteiger partial charge is 0.0322 e. The van der Waals surface area contributed by atoms with Crippen LogP contribution in [0, 0.1) is 23.7 Å². The van der Waals surface area contributed by atoms with Gasteiger partial charge >= 0.3 is 0 Å². The highest BCUT2D eigenvalue weighted by atomic mass is 14.1. The standard InChI is InChI=1S/C40H68/c1-33(2)19-13-23-37(7)27-17-31-39(9)29-15-25-35(5)21-11-12-22-36(6)26-16-30-40(10)32-18-28-38(8)24-14-20-34(3)4/h11-12,15-16,19-22,25-26,37-40H,13-14,17-18,23-24,27-32H2,1-10H3/b12-11+,25-15+,26-16+,35-21+,36-22+. The molecule has 0 aliphatic rings. The van der Waals surface area contributed by atoms with Crippen LogP contribution < -0.4 is 0 Å². The maximum atomic E-state index is 2.41. The fourth-order valence-corrected chi connectivity index (χ4v) is 4.97. The number of hydrogen-bond acceptors (Lipinski definition) is 0. The Bertz CT molecular complexity index is 759. The van der Waals surface area contributed by atoms with E-state index in [1.165, 1.54) is 99.3 Å². The van der Waals surface area contributed by atoms with Crippen LogP contribution in [0.1, 0.15) is 146 Å². The third-order valence-electron chi connectivity index (χ3n) is 7.88. The summed E-state index contributed by atoms with van der Waals surface area (Å²) in [6, 6.07) is 0. The Morgan fingerprint density at radius 2 is 0.825 bits per heavy atom. The van der Waals surface area contributed by atoms with E-state index in [9.17, 15) is 0 Å².